The molecule has 3 rings (SSSR count). The number of ether oxygens (including phenoxy) is 1. The summed E-state index contributed by atoms with van der Waals surface area (Å²) in [6.07, 6.45) is 8.85. The van der Waals surface area contributed by atoms with E-state index < -0.39 is 0 Å². The van der Waals surface area contributed by atoms with E-state index in [1.165, 1.54) is 5.56 Å². The van der Waals surface area contributed by atoms with Crippen LogP contribution in [0.4, 0.5) is 0 Å². The van der Waals surface area contributed by atoms with Gasteiger partial charge in [0, 0.05) is 30.8 Å². The van der Waals surface area contributed by atoms with Gasteiger partial charge < -0.3 is 14.4 Å². The van der Waals surface area contributed by atoms with Gasteiger partial charge in [-0.15, -0.1) is 0 Å². The Morgan fingerprint density at radius 1 is 1.15 bits per heavy atom. The maximum absolute atomic E-state index is 9.58. The van der Waals surface area contributed by atoms with Crippen LogP contribution < -0.4 is 4.74 Å². The van der Waals surface area contributed by atoms with Gasteiger partial charge in [0.25, 0.3) is 0 Å². The molecule has 1 aromatic heterocycles. The number of aliphatic hydroxyl groups excluding tert-OH is 1. The van der Waals surface area contributed by atoms with Gasteiger partial charge >= 0.3 is 0 Å². The zero-order valence-electron chi connectivity index (χ0n) is 21.0. The van der Waals surface area contributed by atoms with Crippen molar-refractivity contribution in [2.24, 2.45) is 13.0 Å². The van der Waals surface area contributed by atoms with E-state index in [0.717, 1.165) is 41.2 Å². The predicted molar refractivity (Wildman–Crippen MR) is 143 cm³/mol. The van der Waals surface area contributed by atoms with Crippen LogP contribution in [0.2, 0.25) is 5.02 Å². The summed E-state index contributed by atoms with van der Waals surface area (Å²) in [5, 5.41) is 10.2. The molecule has 3 aromatic rings. The lowest BCUT2D eigenvalue weighted by Gasteiger charge is -2.17. The summed E-state index contributed by atoms with van der Waals surface area (Å²) >= 11 is 6.37. The predicted octanol–water partition coefficient (Wildman–Crippen LogP) is 7.08. The zero-order chi connectivity index (χ0) is 24.7. The molecule has 0 radical (unpaired) electrons. The minimum Gasteiger partial charge on any atom is -0.492 e. The van der Waals surface area contributed by atoms with Crippen LogP contribution >= 0.6 is 11.6 Å². The van der Waals surface area contributed by atoms with E-state index in [-0.39, 0.29) is 17.9 Å². The van der Waals surface area contributed by atoms with Gasteiger partial charge in [-0.2, -0.15) is 0 Å². The van der Waals surface area contributed by atoms with Crippen LogP contribution in [0, 0.1) is 5.92 Å². The van der Waals surface area contributed by atoms with Crippen LogP contribution in [-0.4, -0.2) is 27.9 Å². The highest BCUT2D eigenvalue weighted by molar-refractivity contribution is 6.32. The van der Waals surface area contributed by atoms with Gasteiger partial charge in [0.05, 0.1) is 17.3 Å². The van der Waals surface area contributed by atoms with Crippen molar-refractivity contribution in [3.63, 3.8) is 0 Å². The van der Waals surface area contributed by atoms with Gasteiger partial charge in [-0.05, 0) is 48.4 Å². The molecule has 0 aliphatic rings. The second-order valence-electron chi connectivity index (χ2n) is 9.88. The highest BCUT2D eigenvalue weighted by Gasteiger charge is 2.20. The number of halogens is 1. The molecule has 4 nitrogen and oxygen atoms in total. The minimum absolute atomic E-state index is 0.00384. The zero-order valence-corrected chi connectivity index (χ0v) is 21.8. The standard InChI is InChI=1S/C29H37ClN2O2/c1-6-17-34-27-14-11-22(19-25(27)30)7-8-23(15-16-33)18-21-9-12-24(13-10-21)26-20-32(5)28(31-26)29(2,3)4/h7-14,19-20,23,33H,6,15-18H2,1-5H3/b8-7+/t23-/m1/s1. The van der Waals surface area contributed by atoms with Gasteiger partial charge in [0.2, 0.25) is 0 Å². The van der Waals surface area contributed by atoms with Gasteiger partial charge in [0.15, 0.2) is 0 Å². The van der Waals surface area contributed by atoms with E-state index in [1.807, 2.05) is 18.2 Å². The molecule has 1 atom stereocenters. The summed E-state index contributed by atoms with van der Waals surface area (Å²) in [6.45, 7) is 9.42. The maximum Gasteiger partial charge on any atom is 0.137 e. The third-order valence-corrected chi connectivity index (χ3v) is 6.07. The molecule has 0 fully saturated rings. The van der Waals surface area contributed by atoms with Crippen LogP contribution in [-0.2, 0) is 18.9 Å². The first kappa shape index (κ1) is 26.1. The number of nitrogens with zero attached hydrogens (tertiary/aromatic N) is 2. The summed E-state index contributed by atoms with van der Waals surface area (Å²) in [6, 6.07) is 14.5. The normalized spacial score (nSPS) is 12.9. The van der Waals surface area contributed by atoms with E-state index >= 15 is 0 Å². The number of aliphatic hydroxyl groups is 1. The molecule has 0 aliphatic carbocycles. The summed E-state index contributed by atoms with van der Waals surface area (Å²) in [5.41, 5.74) is 4.37. The second-order valence-corrected chi connectivity index (χ2v) is 10.3. The lowest BCUT2D eigenvalue weighted by atomic mass is 9.94. The fraction of sp³-hybridized carbons (Fsp3) is 0.414. The van der Waals surface area contributed by atoms with Crippen molar-refractivity contribution in [3.8, 4) is 17.0 Å². The molecule has 0 saturated heterocycles. The van der Waals surface area contributed by atoms with Crippen molar-refractivity contribution in [1.29, 1.82) is 0 Å². The van der Waals surface area contributed by atoms with Crippen LogP contribution in [0.15, 0.2) is 54.7 Å². The molecule has 0 aliphatic heterocycles. The smallest absolute Gasteiger partial charge is 0.137 e. The second kappa shape index (κ2) is 11.7. The molecule has 0 spiro atoms. The van der Waals surface area contributed by atoms with Crippen molar-refractivity contribution in [1.82, 2.24) is 9.55 Å². The SMILES string of the molecule is CCCOc1ccc(/C=C/[C@H](CCO)Cc2ccc(-c3cn(C)c(C(C)(C)C)n3)cc2)cc1Cl. The Balaban J connectivity index is 1.69. The van der Waals surface area contributed by atoms with Crippen molar-refractivity contribution in [2.45, 2.75) is 52.4 Å². The Hall–Kier alpha value is -2.56. The largest absolute Gasteiger partial charge is 0.492 e. The third-order valence-electron chi connectivity index (χ3n) is 5.77. The summed E-state index contributed by atoms with van der Waals surface area (Å²) < 4.78 is 7.77. The average molecular weight is 481 g/mol. The van der Waals surface area contributed by atoms with Crippen molar-refractivity contribution >= 4 is 17.7 Å². The molecule has 1 N–H and O–H groups in total. The van der Waals surface area contributed by atoms with Crippen LogP contribution in [0.1, 0.15) is 57.5 Å². The molecule has 5 heteroatoms. The van der Waals surface area contributed by atoms with E-state index in [2.05, 4.69) is 81.9 Å². The maximum atomic E-state index is 9.58. The number of aryl methyl sites for hydroxylation is 1. The number of allylic oxidation sites excluding steroid dienone is 1. The van der Waals surface area contributed by atoms with Gasteiger partial charge in [-0.3, -0.25) is 0 Å². The molecular formula is C29H37ClN2O2. The molecule has 0 bridgehead atoms. The first-order chi connectivity index (χ1) is 16.2. The number of aromatic nitrogens is 2. The quantitative estimate of drug-likeness (QED) is 0.337. The average Bonchev–Trinajstić information content (AvgIpc) is 3.20. The fourth-order valence-corrected chi connectivity index (χ4v) is 4.29. The van der Waals surface area contributed by atoms with E-state index in [4.69, 9.17) is 21.3 Å². The molecule has 0 unspecified atom stereocenters. The Bertz CT molecular complexity index is 1090. The van der Waals surface area contributed by atoms with Crippen LogP contribution in [0.25, 0.3) is 17.3 Å². The topological polar surface area (TPSA) is 47.3 Å². The Morgan fingerprint density at radius 3 is 2.47 bits per heavy atom. The Morgan fingerprint density at radius 2 is 1.88 bits per heavy atom. The Labute approximate surface area is 209 Å². The molecule has 34 heavy (non-hydrogen) atoms. The summed E-state index contributed by atoms with van der Waals surface area (Å²) in [4.78, 5) is 4.86. The number of rotatable bonds is 10. The minimum atomic E-state index is 0.00384. The molecule has 1 heterocycles. The highest BCUT2D eigenvalue weighted by Crippen LogP contribution is 2.28. The summed E-state index contributed by atoms with van der Waals surface area (Å²) in [7, 11) is 2.05. The first-order valence-corrected chi connectivity index (χ1v) is 12.4. The fourth-order valence-electron chi connectivity index (χ4n) is 4.05. The van der Waals surface area contributed by atoms with Crippen molar-refractivity contribution < 1.29 is 9.84 Å². The van der Waals surface area contributed by atoms with Crippen molar-refractivity contribution in [2.75, 3.05) is 13.2 Å². The van der Waals surface area contributed by atoms with Crippen molar-refractivity contribution in [3.05, 3.63) is 76.7 Å². The lowest BCUT2D eigenvalue weighted by Crippen LogP contribution is -2.17. The number of hydrogen-bond acceptors (Lipinski definition) is 3. The van der Waals surface area contributed by atoms with E-state index in [1.54, 1.807) is 0 Å². The molecule has 2 aromatic carbocycles. The Kier molecular flexibility index (Phi) is 8.98. The van der Waals surface area contributed by atoms with Crippen LogP contribution in [0.3, 0.4) is 0 Å². The van der Waals surface area contributed by atoms with Crippen LogP contribution in [0.5, 0.6) is 5.75 Å². The molecule has 0 amide bonds. The van der Waals surface area contributed by atoms with Gasteiger partial charge in [-0.1, -0.05) is 81.8 Å². The lowest BCUT2D eigenvalue weighted by molar-refractivity contribution is 0.270. The first-order valence-electron chi connectivity index (χ1n) is 12.1. The van der Waals surface area contributed by atoms with Gasteiger partial charge in [0.1, 0.15) is 11.6 Å². The number of hydrogen-bond donors (Lipinski definition) is 1. The molecule has 182 valence electrons. The molecule has 0 saturated carbocycles. The van der Waals surface area contributed by atoms with Gasteiger partial charge in [-0.25, -0.2) is 4.98 Å². The van der Waals surface area contributed by atoms with E-state index in [0.29, 0.717) is 18.1 Å². The molecular weight excluding hydrogens is 444 g/mol. The number of imidazole rings is 1. The monoisotopic (exact) mass is 480 g/mol. The van der Waals surface area contributed by atoms with E-state index in [9.17, 15) is 5.11 Å². The number of benzene rings is 2. The summed E-state index contributed by atoms with van der Waals surface area (Å²) in [5.74, 6) is 2.02. The third kappa shape index (κ3) is 6.97. The highest BCUT2D eigenvalue weighted by atomic mass is 35.5.